The van der Waals surface area contributed by atoms with E-state index in [-0.39, 0.29) is 5.41 Å². The zero-order valence-electron chi connectivity index (χ0n) is 13.5. The summed E-state index contributed by atoms with van der Waals surface area (Å²) in [5.74, 6) is 0.603. The molecule has 0 aromatic rings. The van der Waals surface area contributed by atoms with Gasteiger partial charge in [-0.05, 0) is 23.8 Å². The average Bonchev–Trinajstić information content (AvgIpc) is 2.39. The van der Waals surface area contributed by atoms with E-state index in [1.54, 1.807) is 0 Å². The lowest BCUT2D eigenvalue weighted by molar-refractivity contribution is -0.0689. The molecule has 1 aliphatic rings. The first kappa shape index (κ1) is 16.0. The molecule has 1 heterocycles. The van der Waals surface area contributed by atoms with Crippen LogP contribution in [-0.4, -0.2) is 37.2 Å². The largest absolute Gasteiger partial charge is 0.376 e. The molecule has 0 spiro atoms. The van der Waals surface area contributed by atoms with E-state index in [9.17, 15) is 0 Å². The standard InChI is InChI=1S/C16H33NO/c1-8-9-17-10-11-18-14(16(5,6)7)13(12-17)15(2,3)4/h13-14H,8-12H2,1-7H3. The highest BCUT2D eigenvalue weighted by Crippen LogP contribution is 2.39. The van der Waals surface area contributed by atoms with E-state index >= 15 is 0 Å². The highest BCUT2D eigenvalue weighted by molar-refractivity contribution is 4.91. The fourth-order valence-electron chi connectivity index (χ4n) is 2.99. The predicted molar refractivity (Wildman–Crippen MR) is 78.9 cm³/mol. The smallest absolute Gasteiger partial charge is 0.0669 e. The van der Waals surface area contributed by atoms with Gasteiger partial charge in [-0.15, -0.1) is 0 Å². The molecule has 0 aliphatic carbocycles. The van der Waals surface area contributed by atoms with Crippen molar-refractivity contribution in [2.24, 2.45) is 16.7 Å². The fourth-order valence-corrected chi connectivity index (χ4v) is 2.99. The Morgan fingerprint density at radius 2 is 1.67 bits per heavy atom. The lowest BCUT2D eigenvalue weighted by atomic mass is 9.69. The van der Waals surface area contributed by atoms with E-state index in [1.165, 1.54) is 19.5 Å². The molecule has 18 heavy (non-hydrogen) atoms. The number of hydrogen-bond acceptors (Lipinski definition) is 2. The van der Waals surface area contributed by atoms with Gasteiger partial charge in [0.05, 0.1) is 12.7 Å². The van der Waals surface area contributed by atoms with Crippen molar-refractivity contribution in [3.05, 3.63) is 0 Å². The fraction of sp³-hybridized carbons (Fsp3) is 1.00. The minimum absolute atomic E-state index is 0.222. The van der Waals surface area contributed by atoms with Crippen LogP contribution in [0, 0.1) is 16.7 Å². The first-order chi connectivity index (χ1) is 8.16. The first-order valence-corrected chi connectivity index (χ1v) is 7.50. The zero-order chi connectivity index (χ0) is 14.0. The summed E-state index contributed by atoms with van der Waals surface area (Å²) in [6, 6.07) is 0. The molecule has 0 aromatic carbocycles. The van der Waals surface area contributed by atoms with Crippen LogP contribution in [0.3, 0.4) is 0 Å². The Morgan fingerprint density at radius 1 is 1.06 bits per heavy atom. The summed E-state index contributed by atoms with van der Waals surface area (Å²) in [5, 5.41) is 0. The SMILES string of the molecule is CCCN1CCOC(C(C)(C)C)C(C(C)(C)C)C1. The van der Waals surface area contributed by atoms with Crippen LogP contribution >= 0.6 is 0 Å². The summed E-state index contributed by atoms with van der Waals surface area (Å²) in [6.07, 6.45) is 1.59. The minimum atomic E-state index is 0.222. The molecule has 0 amide bonds. The van der Waals surface area contributed by atoms with Crippen LogP contribution in [0.2, 0.25) is 0 Å². The van der Waals surface area contributed by atoms with Crippen LogP contribution in [0.4, 0.5) is 0 Å². The Labute approximate surface area is 114 Å². The van der Waals surface area contributed by atoms with Gasteiger partial charge >= 0.3 is 0 Å². The van der Waals surface area contributed by atoms with E-state index < -0.39 is 0 Å². The summed E-state index contributed by atoms with van der Waals surface area (Å²) in [6.45, 7) is 20.6. The molecule has 1 fully saturated rings. The molecule has 2 unspecified atom stereocenters. The van der Waals surface area contributed by atoms with Gasteiger partial charge in [-0.2, -0.15) is 0 Å². The van der Waals surface area contributed by atoms with Crippen molar-refractivity contribution < 1.29 is 4.74 Å². The molecule has 0 N–H and O–H groups in total. The number of hydrogen-bond donors (Lipinski definition) is 0. The van der Waals surface area contributed by atoms with Crippen molar-refractivity contribution in [2.75, 3.05) is 26.2 Å². The molecule has 0 saturated carbocycles. The van der Waals surface area contributed by atoms with Gasteiger partial charge in [0.25, 0.3) is 0 Å². The molecular weight excluding hydrogens is 222 g/mol. The molecule has 2 nitrogen and oxygen atoms in total. The Hall–Kier alpha value is -0.0800. The van der Waals surface area contributed by atoms with Crippen LogP contribution in [0.25, 0.3) is 0 Å². The van der Waals surface area contributed by atoms with Gasteiger partial charge < -0.3 is 9.64 Å². The van der Waals surface area contributed by atoms with Crippen LogP contribution in [0.15, 0.2) is 0 Å². The third-order valence-corrected chi connectivity index (χ3v) is 4.03. The molecule has 1 aliphatic heterocycles. The maximum Gasteiger partial charge on any atom is 0.0669 e. The van der Waals surface area contributed by atoms with Crippen molar-refractivity contribution in [2.45, 2.75) is 61.0 Å². The molecular formula is C16H33NO. The second kappa shape index (κ2) is 5.92. The molecule has 0 bridgehead atoms. The van der Waals surface area contributed by atoms with Crippen molar-refractivity contribution in [1.82, 2.24) is 4.90 Å². The van der Waals surface area contributed by atoms with Crippen LogP contribution < -0.4 is 0 Å². The normalized spacial score (nSPS) is 28.2. The molecule has 2 heteroatoms. The summed E-state index contributed by atoms with van der Waals surface area (Å²) < 4.78 is 6.24. The van der Waals surface area contributed by atoms with Gasteiger partial charge in [0, 0.05) is 19.0 Å². The predicted octanol–water partition coefficient (Wildman–Crippen LogP) is 3.81. The first-order valence-electron chi connectivity index (χ1n) is 7.50. The number of rotatable bonds is 2. The highest BCUT2D eigenvalue weighted by Gasteiger charge is 2.41. The quantitative estimate of drug-likeness (QED) is 0.744. The van der Waals surface area contributed by atoms with Gasteiger partial charge in [-0.3, -0.25) is 0 Å². The number of nitrogens with zero attached hydrogens (tertiary/aromatic N) is 1. The van der Waals surface area contributed by atoms with Crippen LogP contribution in [-0.2, 0) is 4.74 Å². The molecule has 0 aromatic heterocycles. The Balaban J connectivity index is 2.90. The van der Waals surface area contributed by atoms with E-state index in [4.69, 9.17) is 4.74 Å². The monoisotopic (exact) mass is 255 g/mol. The van der Waals surface area contributed by atoms with Crippen molar-refractivity contribution in [3.63, 3.8) is 0 Å². The van der Waals surface area contributed by atoms with Gasteiger partial charge in [0.15, 0.2) is 0 Å². The van der Waals surface area contributed by atoms with E-state index in [0.717, 1.165) is 13.2 Å². The Kier molecular flexibility index (Phi) is 5.25. The zero-order valence-corrected chi connectivity index (χ0v) is 13.5. The molecule has 1 saturated heterocycles. The van der Waals surface area contributed by atoms with Crippen LogP contribution in [0.1, 0.15) is 54.9 Å². The van der Waals surface area contributed by atoms with Gasteiger partial charge in [0.1, 0.15) is 0 Å². The summed E-state index contributed by atoms with van der Waals surface area (Å²) >= 11 is 0. The molecule has 1 rings (SSSR count). The maximum atomic E-state index is 6.24. The van der Waals surface area contributed by atoms with Gasteiger partial charge in [0.2, 0.25) is 0 Å². The Morgan fingerprint density at radius 3 is 2.11 bits per heavy atom. The van der Waals surface area contributed by atoms with E-state index in [0.29, 0.717) is 17.4 Å². The Bertz CT molecular complexity index is 249. The van der Waals surface area contributed by atoms with Gasteiger partial charge in [-0.25, -0.2) is 0 Å². The third-order valence-electron chi connectivity index (χ3n) is 4.03. The van der Waals surface area contributed by atoms with Crippen molar-refractivity contribution >= 4 is 0 Å². The average molecular weight is 255 g/mol. The van der Waals surface area contributed by atoms with E-state index in [2.05, 4.69) is 53.4 Å². The van der Waals surface area contributed by atoms with Crippen molar-refractivity contribution in [1.29, 1.82) is 0 Å². The van der Waals surface area contributed by atoms with Crippen molar-refractivity contribution in [3.8, 4) is 0 Å². The molecule has 108 valence electrons. The number of ether oxygens (including phenoxy) is 1. The molecule has 2 atom stereocenters. The molecule has 0 radical (unpaired) electrons. The highest BCUT2D eigenvalue weighted by atomic mass is 16.5. The van der Waals surface area contributed by atoms with Crippen LogP contribution in [0.5, 0.6) is 0 Å². The third kappa shape index (κ3) is 4.24. The lowest BCUT2D eigenvalue weighted by Gasteiger charge is -2.43. The summed E-state index contributed by atoms with van der Waals surface area (Å²) in [7, 11) is 0. The minimum Gasteiger partial charge on any atom is -0.376 e. The maximum absolute atomic E-state index is 6.24. The summed E-state index contributed by atoms with van der Waals surface area (Å²) in [4.78, 5) is 2.58. The second-order valence-electron chi connectivity index (χ2n) is 7.93. The van der Waals surface area contributed by atoms with E-state index in [1.807, 2.05) is 0 Å². The topological polar surface area (TPSA) is 12.5 Å². The lowest BCUT2D eigenvalue weighted by Crippen LogP contribution is -2.45. The van der Waals surface area contributed by atoms with Gasteiger partial charge in [-0.1, -0.05) is 48.5 Å². The second-order valence-corrected chi connectivity index (χ2v) is 7.93. The summed E-state index contributed by atoms with van der Waals surface area (Å²) in [5.41, 5.74) is 0.522.